The minimum Gasteiger partial charge on any atom is -0.492 e. The van der Waals surface area contributed by atoms with Gasteiger partial charge in [0.05, 0.1) is 4.90 Å². The van der Waals surface area contributed by atoms with Crippen LogP contribution < -0.4 is 9.64 Å². The van der Waals surface area contributed by atoms with Crippen LogP contribution in [-0.4, -0.2) is 45.4 Å². The van der Waals surface area contributed by atoms with E-state index in [1.807, 2.05) is 31.2 Å². The highest BCUT2D eigenvalue weighted by Crippen LogP contribution is 2.24. The van der Waals surface area contributed by atoms with Crippen LogP contribution in [-0.2, 0) is 14.8 Å². The Morgan fingerprint density at radius 3 is 2.44 bits per heavy atom. The van der Waals surface area contributed by atoms with Crippen molar-refractivity contribution in [3.63, 3.8) is 0 Å². The molecule has 0 aliphatic carbocycles. The number of carbonyl (C=O) groups excluding carboxylic acids is 1. The summed E-state index contributed by atoms with van der Waals surface area (Å²) in [6, 6.07) is 14.1. The Morgan fingerprint density at radius 1 is 1.11 bits per heavy atom. The van der Waals surface area contributed by atoms with Crippen LogP contribution in [0.2, 0.25) is 0 Å². The molecule has 0 unspecified atom stereocenters. The zero-order valence-corrected chi connectivity index (χ0v) is 16.4. The second-order valence-electron chi connectivity index (χ2n) is 6.58. The Bertz CT molecular complexity index is 910. The first-order chi connectivity index (χ1) is 12.9. The number of likely N-dealkylation sites (N-methyl/N-ethyl adjacent to an activating group) is 1. The van der Waals surface area contributed by atoms with Gasteiger partial charge in [0.1, 0.15) is 12.4 Å². The summed E-state index contributed by atoms with van der Waals surface area (Å²) < 4.78 is 32.4. The number of benzene rings is 2. The molecule has 0 radical (unpaired) electrons. The van der Waals surface area contributed by atoms with Gasteiger partial charge in [0, 0.05) is 32.2 Å². The number of hydrogen-bond acceptors (Lipinski definition) is 4. The number of anilines is 1. The molecule has 0 N–H and O–H groups in total. The molecule has 1 saturated heterocycles. The van der Waals surface area contributed by atoms with Gasteiger partial charge >= 0.3 is 0 Å². The number of ether oxygens (including phenoxy) is 1. The maximum atomic E-state index is 12.7. The van der Waals surface area contributed by atoms with Crippen molar-refractivity contribution in [2.45, 2.75) is 24.7 Å². The lowest BCUT2D eigenvalue weighted by molar-refractivity contribution is -0.117. The summed E-state index contributed by atoms with van der Waals surface area (Å²) in [7, 11) is -2.07. The van der Waals surface area contributed by atoms with E-state index in [-0.39, 0.29) is 24.0 Å². The molecule has 0 saturated carbocycles. The molecule has 0 bridgehead atoms. The van der Waals surface area contributed by atoms with Gasteiger partial charge in [0.2, 0.25) is 15.9 Å². The molecule has 2 aromatic rings. The number of amides is 1. The van der Waals surface area contributed by atoms with Crippen molar-refractivity contribution in [1.29, 1.82) is 0 Å². The Labute approximate surface area is 160 Å². The molecule has 144 valence electrons. The molecule has 1 fully saturated rings. The average Bonchev–Trinajstić information content (AvgIpc) is 3.09. The van der Waals surface area contributed by atoms with Crippen molar-refractivity contribution in [3.8, 4) is 5.75 Å². The van der Waals surface area contributed by atoms with Gasteiger partial charge in [0.25, 0.3) is 0 Å². The van der Waals surface area contributed by atoms with Gasteiger partial charge in [-0.1, -0.05) is 18.2 Å². The first-order valence-corrected chi connectivity index (χ1v) is 10.4. The highest BCUT2D eigenvalue weighted by Gasteiger charge is 2.24. The predicted octanol–water partition coefficient (Wildman–Crippen LogP) is 2.82. The monoisotopic (exact) mass is 388 g/mol. The van der Waals surface area contributed by atoms with Crippen LogP contribution in [0.15, 0.2) is 53.4 Å². The van der Waals surface area contributed by atoms with Gasteiger partial charge in [-0.25, -0.2) is 8.42 Å². The molecule has 6 nitrogen and oxygen atoms in total. The minimum absolute atomic E-state index is 0.0797. The van der Waals surface area contributed by atoms with E-state index < -0.39 is 10.0 Å². The Kier molecular flexibility index (Phi) is 5.82. The number of hydrogen-bond donors (Lipinski definition) is 0. The van der Waals surface area contributed by atoms with Crippen molar-refractivity contribution < 1.29 is 17.9 Å². The standard InChI is InChI=1S/C20H24N2O4S/c1-16-6-3-4-7-19(16)26-15-14-21(2)27(24,25)18-11-9-17(10-12-18)22-13-5-8-20(22)23/h3-4,6-7,9-12H,5,8,13-15H2,1-2H3. The first kappa shape index (κ1) is 19.4. The largest absolute Gasteiger partial charge is 0.492 e. The lowest BCUT2D eigenvalue weighted by Crippen LogP contribution is -2.31. The molecule has 27 heavy (non-hydrogen) atoms. The fourth-order valence-corrected chi connectivity index (χ4v) is 4.18. The summed E-state index contributed by atoms with van der Waals surface area (Å²) in [5.74, 6) is 0.832. The van der Waals surface area contributed by atoms with Crippen LogP contribution in [0, 0.1) is 6.92 Å². The van der Waals surface area contributed by atoms with Crippen molar-refractivity contribution in [3.05, 3.63) is 54.1 Å². The SMILES string of the molecule is Cc1ccccc1OCCN(C)S(=O)(=O)c1ccc(N2CCCC2=O)cc1. The number of carbonyl (C=O) groups is 1. The van der Waals surface area contributed by atoms with E-state index in [0.29, 0.717) is 13.0 Å². The Morgan fingerprint density at radius 2 is 1.81 bits per heavy atom. The number of sulfonamides is 1. The Hall–Kier alpha value is -2.38. The van der Waals surface area contributed by atoms with Crippen LogP contribution >= 0.6 is 0 Å². The normalized spacial score (nSPS) is 14.8. The maximum absolute atomic E-state index is 12.7. The molecule has 7 heteroatoms. The molecule has 0 spiro atoms. The number of rotatable bonds is 7. The minimum atomic E-state index is -3.61. The number of para-hydroxylation sites is 1. The number of aryl methyl sites for hydroxylation is 1. The van der Waals surface area contributed by atoms with E-state index in [9.17, 15) is 13.2 Å². The van der Waals surface area contributed by atoms with Gasteiger partial charge in [-0.2, -0.15) is 4.31 Å². The molecule has 0 aromatic heterocycles. The van der Waals surface area contributed by atoms with Crippen LogP contribution in [0.25, 0.3) is 0 Å². The van der Waals surface area contributed by atoms with Crippen molar-refractivity contribution >= 4 is 21.6 Å². The van der Waals surface area contributed by atoms with Gasteiger partial charge in [-0.05, 0) is 49.2 Å². The van der Waals surface area contributed by atoms with Crippen LogP contribution in [0.4, 0.5) is 5.69 Å². The molecule has 0 atom stereocenters. The third kappa shape index (κ3) is 4.31. The van der Waals surface area contributed by atoms with Gasteiger partial charge in [0.15, 0.2) is 0 Å². The first-order valence-electron chi connectivity index (χ1n) is 8.95. The third-order valence-corrected chi connectivity index (χ3v) is 6.56. The van der Waals surface area contributed by atoms with E-state index >= 15 is 0 Å². The lowest BCUT2D eigenvalue weighted by atomic mass is 10.2. The van der Waals surface area contributed by atoms with E-state index in [4.69, 9.17) is 4.74 Å². The average molecular weight is 388 g/mol. The van der Waals surface area contributed by atoms with Crippen molar-refractivity contribution in [1.82, 2.24) is 4.31 Å². The molecule has 1 heterocycles. The Balaban J connectivity index is 1.62. The summed E-state index contributed by atoms with van der Waals surface area (Å²) in [4.78, 5) is 13.7. The summed E-state index contributed by atoms with van der Waals surface area (Å²) >= 11 is 0. The fourth-order valence-electron chi connectivity index (χ4n) is 3.02. The topological polar surface area (TPSA) is 66.9 Å². The molecule has 1 aliphatic rings. The second kappa shape index (κ2) is 8.10. The van der Waals surface area contributed by atoms with Crippen LogP contribution in [0.3, 0.4) is 0 Å². The molecular formula is C20H24N2O4S. The summed E-state index contributed by atoms with van der Waals surface area (Å²) in [6.45, 7) is 3.13. The summed E-state index contributed by atoms with van der Waals surface area (Å²) in [5.41, 5.74) is 1.75. The molecule has 1 amide bonds. The second-order valence-corrected chi connectivity index (χ2v) is 8.63. The van der Waals surface area contributed by atoms with E-state index in [1.54, 1.807) is 29.2 Å². The quantitative estimate of drug-likeness (QED) is 0.732. The van der Waals surface area contributed by atoms with Crippen LogP contribution in [0.1, 0.15) is 18.4 Å². The molecular weight excluding hydrogens is 364 g/mol. The van der Waals surface area contributed by atoms with E-state index in [0.717, 1.165) is 23.4 Å². The lowest BCUT2D eigenvalue weighted by Gasteiger charge is -2.19. The molecule has 3 rings (SSSR count). The molecule has 2 aromatic carbocycles. The summed E-state index contributed by atoms with van der Waals surface area (Å²) in [6.07, 6.45) is 1.38. The molecule has 1 aliphatic heterocycles. The zero-order chi connectivity index (χ0) is 19.4. The smallest absolute Gasteiger partial charge is 0.242 e. The predicted molar refractivity (Wildman–Crippen MR) is 105 cm³/mol. The third-order valence-electron chi connectivity index (χ3n) is 4.69. The van der Waals surface area contributed by atoms with Gasteiger partial charge < -0.3 is 9.64 Å². The highest BCUT2D eigenvalue weighted by atomic mass is 32.2. The van der Waals surface area contributed by atoms with Gasteiger partial charge in [-0.15, -0.1) is 0 Å². The summed E-state index contributed by atoms with van der Waals surface area (Å²) in [5, 5.41) is 0. The van der Waals surface area contributed by atoms with Crippen LogP contribution in [0.5, 0.6) is 5.75 Å². The zero-order valence-electron chi connectivity index (χ0n) is 15.6. The van der Waals surface area contributed by atoms with Gasteiger partial charge in [-0.3, -0.25) is 4.79 Å². The van der Waals surface area contributed by atoms with Crippen molar-refractivity contribution in [2.75, 3.05) is 31.6 Å². The maximum Gasteiger partial charge on any atom is 0.242 e. The highest BCUT2D eigenvalue weighted by molar-refractivity contribution is 7.89. The number of nitrogens with zero attached hydrogens (tertiary/aromatic N) is 2. The van der Waals surface area contributed by atoms with E-state index in [2.05, 4.69) is 0 Å². The van der Waals surface area contributed by atoms with E-state index in [1.165, 1.54) is 11.4 Å². The van der Waals surface area contributed by atoms with Crippen molar-refractivity contribution in [2.24, 2.45) is 0 Å². The fraction of sp³-hybridized carbons (Fsp3) is 0.350.